The van der Waals surface area contributed by atoms with Gasteiger partial charge in [0.2, 0.25) is 5.91 Å². The molecule has 108 valence electrons. The number of nitrogens with one attached hydrogen (secondary N) is 1. The number of hydrogen-bond acceptors (Lipinski definition) is 4. The first-order valence-electron chi connectivity index (χ1n) is 4.81. The Morgan fingerprint density at radius 3 is 2.53 bits per heavy atom. The molecule has 0 unspecified atom stereocenters. The maximum absolute atomic E-state index is 11.9. The van der Waals surface area contributed by atoms with Crippen molar-refractivity contribution in [2.75, 3.05) is 6.54 Å². The Kier molecular flexibility index (Phi) is 4.46. The van der Waals surface area contributed by atoms with Crippen LogP contribution in [0.3, 0.4) is 0 Å². The van der Waals surface area contributed by atoms with Crippen LogP contribution < -0.4 is 5.32 Å². The van der Waals surface area contributed by atoms with Crippen molar-refractivity contribution in [1.82, 2.24) is 14.9 Å². The number of hydrogen-bond donors (Lipinski definition) is 1. The molecule has 0 aliphatic heterocycles. The molecule has 0 aliphatic carbocycles. The second kappa shape index (κ2) is 5.37. The molecule has 1 aromatic heterocycles. The van der Waals surface area contributed by atoms with Crippen LogP contribution in [0, 0.1) is 6.92 Å². The van der Waals surface area contributed by atoms with Crippen molar-refractivity contribution < 1.29 is 26.4 Å². The van der Waals surface area contributed by atoms with Crippen molar-refractivity contribution in [3.8, 4) is 0 Å². The average molecular weight is 320 g/mol. The lowest BCUT2D eigenvalue weighted by Crippen LogP contribution is -2.35. The first-order chi connectivity index (χ1) is 8.49. The van der Waals surface area contributed by atoms with E-state index in [1.54, 1.807) is 5.32 Å². The lowest BCUT2D eigenvalue weighted by atomic mass is 10.5. The van der Waals surface area contributed by atoms with Crippen LogP contribution in [-0.4, -0.2) is 36.6 Å². The van der Waals surface area contributed by atoms with Crippen LogP contribution in [0.15, 0.2) is 11.2 Å². The molecule has 0 atom stereocenters. The van der Waals surface area contributed by atoms with Crippen molar-refractivity contribution in [2.24, 2.45) is 0 Å². The summed E-state index contributed by atoms with van der Waals surface area (Å²) in [5.41, 5.74) is 0. The summed E-state index contributed by atoms with van der Waals surface area (Å²) in [6, 6.07) is 0. The SMILES string of the molecule is Cc1nc(S(=O)(=O)Cl)cn1CC(=O)NCC(F)(F)F. The number of nitrogens with zero attached hydrogens (tertiary/aromatic N) is 2. The Morgan fingerprint density at radius 2 is 2.11 bits per heavy atom. The second-order valence-electron chi connectivity index (χ2n) is 3.58. The molecular formula is C8H9ClF3N3O3S. The van der Waals surface area contributed by atoms with Crippen LogP contribution in [-0.2, 0) is 20.4 Å². The van der Waals surface area contributed by atoms with Crippen LogP contribution in [0.5, 0.6) is 0 Å². The summed E-state index contributed by atoms with van der Waals surface area (Å²) in [5, 5.41) is 1.19. The van der Waals surface area contributed by atoms with E-state index >= 15 is 0 Å². The van der Waals surface area contributed by atoms with Gasteiger partial charge >= 0.3 is 6.18 Å². The minimum atomic E-state index is -4.51. The Labute approximate surface area is 111 Å². The van der Waals surface area contributed by atoms with Gasteiger partial charge < -0.3 is 9.88 Å². The molecule has 1 heterocycles. The predicted octanol–water partition coefficient (Wildman–Crippen LogP) is 0.798. The summed E-state index contributed by atoms with van der Waals surface area (Å²) in [4.78, 5) is 14.8. The molecule has 0 bridgehead atoms. The largest absolute Gasteiger partial charge is 0.405 e. The summed E-state index contributed by atoms with van der Waals surface area (Å²) in [6.07, 6.45) is -3.53. The quantitative estimate of drug-likeness (QED) is 0.832. The van der Waals surface area contributed by atoms with Gasteiger partial charge in [-0.05, 0) is 6.92 Å². The number of carbonyl (C=O) groups excluding carboxylic acids is 1. The van der Waals surface area contributed by atoms with Crippen LogP contribution in [0.1, 0.15) is 5.82 Å². The van der Waals surface area contributed by atoms with Gasteiger partial charge in [-0.1, -0.05) is 0 Å². The lowest BCUT2D eigenvalue weighted by molar-refractivity contribution is -0.138. The molecule has 1 aromatic rings. The molecule has 1 rings (SSSR count). The lowest BCUT2D eigenvalue weighted by Gasteiger charge is -2.09. The monoisotopic (exact) mass is 319 g/mol. The maximum atomic E-state index is 11.9. The molecule has 0 aromatic carbocycles. The highest BCUT2D eigenvalue weighted by molar-refractivity contribution is 8.13. The van der Waals surface area contributed by atoms with E-state index in [9.17, 15) is 26.4 Å². The number of alkyl halides is 3. The molecule has 1 amide bonds. The standard InChI is InChI=1S/C8H9ClF3N3O3S/c1-5-14-7(19(9,17)18)3-15(5)2-6(16)13-4-8(10,11)12/h3H,2,4H2,1H3,(H,13,16). The van der Waals surface area contributed by atoms with E-state index in [0.29, 0.717) is 0 Å². The molecular weight excluding hydrogens is 311 g/mol. The molecule has 1 N–H and O–H groups in total. The predicted molar refractivity (Wildman–Crippen MR) is 59.1 cm³/mol. The zero-order chi connectivity index (χ0) is 14.8. The number of aromatic nitrogens is 2. The average Bonchev–Trinajstić information content (AvgIpc) is 2.56. The number of amides is 1. The summed E-state index contributed by atoms with van der Waals surface area (Å²) in [5.74, 6) is -0.780. The van der Waals surface area contributed by atoms with Crippen molar-refractivity contribution >= 4 is 25.6 Å². The smallest absolute Gasteiger partial charge is 0.345 e. The maximum Gasteiger partial charge on any atom is 0.405 e. The highest BCUT2D eigenvalue weighted by Gasteiger charge is 2.27. The number of carbonyl (C=O) groups is 1. The van der Waals surface area contributed by atoms with Gasteiger partial charge in [0.1, 0.15) is 18.9 Å². The molecule has 0 fully saturated rings. The van der Waals surface area contributed by atoms with Gasteiger partial charge in [0.25, 0.3) is 9.05 Å². The van der Waals surface area contributed by atoms with Gasteiger partial charge in [0, 0.05) is 16.9 Å². The summed E-state index contributed by atoms with van der Waals surface area (Å²) in [7, 11) is 1.00. The molecule has 0 spiro atoms. The fraction of sp³-hybridized carbons (Fsp3) is 0.500. The van der Waals surface area contributed by atoms with Crippen molar-refractivity contribution in [3.63, 3.8) is 0 Å². The molecule has 0 saturated heterocycles. The summed E-state index contributed by atoms with van der Waals surface area (Å²) >= 11 is 0. The van der Waals surface area contributed by atoms with Crippen LogP contribution >= 0.6 is 10.7 Å². The van der Waals surface area contributed by atoms with E-state index in [2.05, 4.69) is 4.98 Å². The Hall–Kier alpha value is -1.29. The molecule has 0 radical (unpaired) electrons. The fourth-order valence-corrected chi connectivity index (χ4v) is 1.88. The number of aryl methyl sites for hydroxylation is 1. The van der Waals surface area contributed by atoms with Crippen molar-refractivity contribution in [1.29, 1.82) is 0 Å². The van der Waals surface area contributed by atoms with Crippen molar-refractivity contribution in [3.05, 3.63) is 12.0 Å². The van der Waals surface area contributed by atoms with Gasteiger partial charge in [-0.25, -0.2) is 13.4 Å². The van der Waals surface area contributed by atoms with E-state index in [1.165, 1.54) is 6.92 Å². The molecule has 0 saturated carbocycles. The molecule has 11 heteroatoms. The number of imidazole rings is 1. The topological polar surface area (TPSA) is 81.1 Å². The zero-order valence-corrected chi connectivity index (χ0v) is 11.1. The minimum Gasteiger partial charge on any atom is -0.345 e. The third kappa shape index (κ3) is 5.07. The van der Waals surface area contributed by atoms with E-state index in [0.717, 1.165) is 10.8 Å². The van der Waals surface area contributed by atoms with Crippen LogP contribution in [0.4, 0.5) is 13.2 Å². The van der Waals surface area contributed by atoms with Gasteiger partial charge in [-0.3, -0.25) is 4.79 Å². The summed E-state index contributed by atoms with van der Waals surface area (Å²) < 4.78 is 58.6. The normalized spacial score (nSPS) is 12.5. The van der Waals surface area contributed by atoms with Gasteiger partial charge in [0.15, 0.2) is 5.03 Å². The van der Waals surface area contributed by atoms with Crippen LogP contribution in [0.2, 0.25) is 0 Å². The van der Waals surface area contributed by atoms with E-state index in [-0.39, 0.29) is 5.82 Å². The Balaban J connectivity index is 2.73. The zero-order valence-electron chi connectivity index (χ0n) is 9.53. The number of rotatable bonds is 4. The molecule has 6 nitrogen and oxygen atoms in total. The van der Waals surface area contributed by atoms with E-state index < -0.39 is 39.2 Å². The summed E-state index contributed by atoms with van der Waals surface area (Å²) in [6.45, 7) is -0.551. The third-order valence-electron chi connectivity index (χ3n) is 2.00. The fourth-order valence-electron chi connectivity index (χ4n) is 1.17. The van der Waals surface area contributed by atoms with Gasteiger partial charge in [-0.2, -0.15) is 13.2 Å². The molecule has 0 aliphatic rings. The van der Waals surface area contributed by atoms with Gasteiger partial charge in [0.05, 0.1) is 0 Å². The Bertz CT molecular complexity index is 582. The van der Waals surface area contributed by atoms with E-state index in [1.807, 2.05) is 0 Å². The van der Waals surface area contributed by atoms with Crippen molar-refractivity contribution in [2.45, 2.75) is 24.7 Å². The van der Waals surface area contributed by atoms with E-state index in [4.69, 9.17) is 10.7 Å². The first-order valence-corrected chi connectivity index (χ1v) is 7.12. The highest BCUT2D eigenvalue weighted by atomic mass is 35.7. The first kappa shape index (κ1) is 15.8. The Morgan fingerprint density at radius 1 is 1.53 bits per heavy atom. The second-order valence-corrected chi connectivity index (χ2v) is 6.10. The molecule has 19 heavy (non-hydrogen) atoms. The van der Waals surface area contributed by atoms with Gasteiger partial charge in [-0.15, -0.1) is 0 Å². The van der Waals surface area contributed by atoms with Crippen LogP contribution in [0.25, 0.3) is 0 Å². The number of halogens is 4. The third-order valence-corrected chi connectivity index (χ3v) is 3.17. The highest BCUT2D eigenvalue weighted by Crippen LogP contribution is 2.14. The minimum absolute atomic E-state index is 0.140.